The number of ketones is 1. The zero-order valence-corrected chi connectivity index (χ0v) is 8.22. The SMILES string of the molecule is CC(=O)c1ccc2n[nH]c(C(F)(F)F)c2c1. The highest BCUT2D eigenvalue weighted by molar-refractivity contribution is 5.98. The largest absolute Gasteiger partial charge is 0.433 e. The number of carbonyl (C=O) groups excluding carboxylic acids is 1. The lowest BCUT2D eigenvalue weighted by molar-refractivity contribution is -0.139. The van der Waals surface area contributed by atoms with Gasteiger partial charge in [-0.3, -0.25) is 9.89 Å². The van der Waals surface area contributed by atoms with Crippen LogP contribution in [0.3, 0.4) is 0 Å². The zero-order chi connectivity index (χ0) is 11.9. The Hall–Kier alpha value is -1.85. The van der Waals surface area contributed by atoms with Crippen LogP contribution < -0.4 is 0 Å². The van der Waals surface area contributed by atoms with Crippen LogP contribution in [0.1, 0.15) is 23.0 Å². The molecular weight excluding hydrogens is 221 g/mol. The first-order valence-electron chi connectivity index (χ1n) is 4.46. The average molecular weight is 228 g/mol. The molecule has 16 heavy (non-hydrogen) atoms. The van der Waals surface area contributed by atoms with E-state index in [1.165, 1.54) is 25.1 Å². The van der Waals surface area contributed by atoms with Crippen LogP contribution in [-0.2, 0) is 6.18 Å². The van der Waals surface area contributed by atoms with E-state index in [9.17, 15) is 18.0 Å². The fraction of sp³-hybridized carbons (Fsp3) is 0.200. The van der Waals surface area contributed by atoms with Crippen molar-refractivity contribution in [3.05, 3.63) is 29.5 Å². The van der Waals surface area contributed by atoms with Gasteiger partial charge in [0.2, 0.25) is 0 Å². The molecule has 0 amide bonds. The summed E-state index contributed by atoms with van der Waals surface area (Å²) in [6, 6.07) is 4.04. The Morgan fingerprint density at radius 1 is 1.38 bits per heavy atom. The molecule has 1 heterocycles. The molecule has 0 aliphatic heterocycles. The Balaban J connectivity index is 2.70. The second-order valence-corrected chi connectivity index (χ2v) is 3.38. The van der Waals surface area contributed by atoms with Crippen LogP contribution in [0.25, 0.3) is 10.9 Å². The number of H-pyrrole nitrogens is 1. The van der Waals surface area contributed by atoms with Crippen LogP contribution in [0.5, 0.6) is 0 Å². The third kappa shape index (κ3) is 1.66. The highest BCUT2D eigenvalue weighted by Gasteiger charge is 2.35. The number of nitrogens with zero attached hydrogens (tertiary/aromatic N) is 1. The fourth-order valence-corrected chi connectivity index (χ4v) is 1.45. The van der Waals surface area contributed by atoms with Crippen molar-refractivity contribution in [2.45, 2.75) is 13.1 Å². The summed E-state index contributed by atoms with van der Waals surface area (Å²) >= 11 is 0. The molecule has 0 saturated carbocycles. The Bertz CT molecular complexity index is 557. The van der Waals surface area contributed by atoms with Gasteiger partial charge < -0.3 is 0 Å². The number of alkyl halides is 3. The molecule has 1 aromatic heterocycles. The third-order valence-electron chi connectivity index (χ3n) is 2.24. The molecule has 0 aliphatic rings. The Morgan fingerprint density at radius 3 is 2.62 bits per heavy atom. The third-order valence-corrected chi connectivity index (χ3v) is 2.24. The Kier molecular flexibility index (Phi) is 2.22. The van der Waals surface area contributed by atoms with Gasteiger partial charge in [-0.2, -0.15) is 18.3 Å². The molecule has 3 nitrogen and oxygen atoms in total. The number of aromatic nitrogens is 2. The maximum Gasteiger partial charge on any atom is 0.433 e. The standard InChI is InChI=1S/C10H7F3N2O/c1-5(16)6-2-3-8-7(4-6)9(15-14-8)10(11,12)13/h2-4H,1H3,(H,14,15). The van der Waals surface area contributed by atoms with Gasteiger partial charge in [0.25, 0.3) is 0 Å². The Labute approximate surface area is 88.3 Å². The molecule has 0 atom stereocenters. The van der Waals surface area contributed by atoms with Crippen molar-refractivity contribution in [3.8, 4) is 0 Å². The number of fused-ring (bicyclic) bond motifs is 1. The van der Waals surface area contributed by atoms with Crippen molar-refractivity contribution >= 4 is 16.7 Å². The molecule has 2 aromatic rings. The summed E-state index contributed by atoms with van der Waals surface area (Å²) in [5.74, 6) is -0.281. The number of rotatable bonds is 1. The minimum absolute atomic E-state index is 0.0831. The van der Waals surface area contributed by atoms with Gasteiger partial charge in [0, 0.05) is 10.9 Å². The van der Waals surface area contributed by atoms with Crippen molar-refractivity contribution < 1.29 is 18.0 Å². The van der Waals surface area contributed by atoms with Crippen LogP contribution in [0.15, 0.2) is 18.2 Å². The van der Waals surface area contributed by atoms with Crippen LogP contribution in [0.2, 0.25) is 0 Å². The average Bonchev–Trinajstić information content (AvgIpc) is 2.58. The Morgan fingerprint density at radius 2 is 2.06 bits per heavy atom. The van der Waals surface area contributed by atoms with Crippen molar-refractivity contribution in [1.29, 1.82) is 0 Å². The van der Waals surface area contributed by atoms with Gasteiger partial charge in [0.05, 0.1) is 5.52 Å². The summed E-state index contributed by atoms with van der Waals surface area (Å²) in [6.07, 6.45) is -4.50. The summed E-state index contributed by atoms with van der Waals surface area (Å²) in [6.45, 7) is 1.30. The molecule has 2 rings (SSSR count). The molecule has 0 saturated heterocycles. The van der Waals surface area contributed by atoms with Gasteiger partial charge in [0.15, 0.2) is 5.78 Å². The number of nitrogens with one attached hydrogen (secondary N) is 1. The molecule has 0 fully saturated rings. The molecule has 84 valence electrons. The quantitative estimate of drug-likeness (QED) is 0.763. The predicted octanol–water partition coefficient (Wildman–Crippen LogP) is 2.78. The minimum atomic E-state index is -4.50. The molecule has 1 N–H and O–H groups in total. The van der Waals surface area contributed by atoms with Crippen LogP contribution in [-0.4, -0.2) is 16.0 Å². The van der Waals surface area contributed by atoms with E-state index in [0.717, 1.165) is 0 Å². The lowest BCUT2D eigenvalue weighted by Crippen LogP contribution is -2.06. The molecule has 0 radical (unpaired) electrons. The molecule has 1 aromatic carbocycles. The van der Waals surface area contributed by atoms with Crippen LogP contribution in [0.4, 0.5) is 13.2 Å². The first-order chi connectivity index (χ1) is 7.39. The van der Waals surface area contributed by atoms with Gasteiger partial charge in [-0.15, -0.1) is 0 Å². The monoisotopic (exact) mass is 228 g/mol. The van der Waals surface area contributed by atoms with E-state index in [1.54, 1.807) is 0 Å². The van der Waals surface area contributed by atoms with Gasteiger partial charge in [-0.25, -0.2) is 0 Å². The molecule has 0 spiro atoms. The molecule has 6 heteroatoms. The first-order valence-corrected chi connectivity index (χ1v) is 4.46. The molecule has 0 aliphatic carbocycles. The summed E-state index contributed by atoms with van der Waals surface area (Å²) in [7, 11) is 0. The van der Waals surface area contributed by atoms with Gasteiger partial charge in [-0.1, -0.05) is 0 Å². The van der Waals surface area contributed by atoms with Crippen LogP contribution in [0, 0.1) is 0 Å². The number of carbonyl (C=O) groups is 1. The van der Waals surface area contributed by atoms with Gasteiger partial charge in [-0.05, 0) is 25.1 Å². The van der Waals surface area contributed by atoms with E-state index in [1.807, 2.05) is 5.10 Å². The van der Waals surface area contributed by atoms with Crippen molar-refractivity contribution in [1.82, 2.24) is 10.2 Å². The van der Waals surface area contributed by atoms with E-state index >= 15 is 0 Å². The highest BCUT2D eigenvalue weighted by Crippen LogP contribution is 2.33. The first kappa shape index (κ1) is 10.7. The maximum atomic E-state index is 12.5. The normalized spacial score (nSPS) is 12.0. The van der Waals surface area contributed by atoms with E-state index < -0.39 is 11.9 Å². The zero-order valence-electron chi connectivity index (χ0n) is 8.22. The molecular formula is C10H7F3N2O. The minimum Gasteiger partial charge on any atom is -0.295 e. The predicted molar refractivity (Wildman–Crippen MR) is 51.1 cm³/mol. The van der Waals surface area contributed by atoms with E-state index in [0.29, 0.717) is 0 Å². The van der Waals surface area contributed by atoms with E-state index in [4.69, 9.17) is 0 Å². The number of halogens is 3. The van der Waals surface area contributed by atoms with Crippen molar-refractivity contribution in [3.63, 3.8) is 0 Å². The number of benzene rings is 1. The lowest BCUT2D eigenvalue weighted by Gasteiger charge is -2.03. The maximum absolute atomic E-state index is 12.5. The second-order valence-electron chi connectivity index (χ2n) is 3.38. The summed E-state index contributed by atoms with van der Waals surface area (Å²) in [5, 5.41) is 5.38. The lowest BCUT2D eigenvalue weighted by atomic mass is 10.1. The molecule has 0 bridgehead atoms. The number of hydrogen-bond acceptors (Lipinski definition) is 2. The fourth-order valence-electron chi connectivity index (χ4n) is 1.45. The number of hydrogen-bond donors (Lipinski definition) is 1. The summed E-state index contributed by atoms with van der Waals surface area (Å²) in [5.41, 5.74) is -0.498. The topological polar surface area (TPSA) is 45.8 Å². The van der Waals surface area contributed by atoms with Crippen molar-refractivity contribution in [2.24, 2.45) is 0 Å². The van der Waals surface area contributed by atoms with E-state index in [-0.39, 0.29) is 22.2 Å². The van der Waals surface area contributed by atoms with E-state index in [2.05, 4.69) is 5.10 Å². The smallest absolute Gasteiger partial charge is 0.295 e. The molecule has 0 unspecified atom stereocenters. The van der Waals surface area contributed by atoms with Gasteiger partial charge >= 0.3 is 6.18 Å². The second kappa shape index (κ2) is 3.33. The van der Waals surface area contributed by atoms with Crippen LogP contribution >= 0.6 is 0 Å². The highest BCUT2D eigenvalue weighted by atomic mass is 19.4. The van der Waals surface area contributed by atoms with Crippen molar-refractivity contribution in [2.75, 3.05) is 0 Å². The summed E-state index contributed by atoms with van der Waals surface area (Å²) in [4.78, 5) is 11.1. The summed E-state index contributed by atoms with van der Waals surface area (Å²) < 4.78 is 37.6. The van der Waals surface area contributed by atoms with Gasteiger partial charge in [0.1, 0.15) is 5.69 Å². The number of aromatic amines is 1. The number of Topliss-reactive ketones (excluding diaryl/α,β-unsaturated/α-hetero) is 1.